The standard InChI is InChI=1S/C17H23NO2S/c1-13-6-5-7-16(10-13)21(19)12-15-9-8-14(20-15)11-18-17(2,3)4/h5-10,18H,11-12H2,1-4H3. The first-order chi connectivity index (χ1) is 9.83. The highest BCUT2D eigenvalue weighted by Crippen LogP contribution is 2.16. The average molecular weight is 305 g/mol. The predicted octanol–water partition coefficient (Wildman–Crippen LogP) is 3.78. The molecule has 0 spiro atoms. The molecule has 2 aromatic rings. The van der Waals surface area contributed by atoms with Gasteiger partial charge in [0.15, 0.2) is 0 Å². The molecule has 0 aliphatic heterocycles. The lowest BCUT2D eigenvalue weighted by Gasteiger charge is -2.19. The molecule has 1 heterocycles. The largest absolute Gasteiger partial charge is 0.464 e. The summed E-state index contributed by atoms with van der Waals surface area (Å²) >= 11 is 0. The molecular formula is C17H23NO2S. The Labute approximate surface area is 129 Å². The van der Waals surface area contributed by atoms with Crippen LogP contribution >= 0.6 is 0 Å². The fraction of sp³-hybridized carbons (Fsp3) is 0.412. The van der Waals surface area contributed by atoms with Gasteiger partial charge in [-0.25, -0.2) is 0 Å². The Kier molecular flexibility index (Phi) is 5.01. The first-order valence-corrected chi connectivity index (χ1v) is 8.43. The maximum absolute atomic E-state index is 12.3. The molecule has 1 atom stereocenters. The summed E-state index contributed by atoms with van der Waals surface area (Å²) in [4.78, 5) is 0.848. The van der Waals surface area contributed by atoms with Crippen molar-refractivity contribution >= 4 is 10.8 Å². The number of hydrogen-bond donors (Lipinski definition) is 1. The van der Waals surface area contributed by atoms with E-state index in [2.05, 4.69) is 26.1 Å². The number of aryl methyl sites for hydroxylation is 1. The lowest BCUT2D eigenvalue weighted by molar-refractivity contribution is 0.382. The third-order valence-corrected chi connectivity index (χ3v) is 4.36. The van der Waals surface area contributed by atoms with E-state index in [-0.39, 0.29) is 5.54 Å². The van der Waals surface area contributed by atoms with Gasteiger partial charge in [0.2, 0.25) is 0 Å². The van der Waals surface area contributed by atoms with Crippen LogP contribution in [0.1, 0.15) is 37.9 Å². The van der Waals surface area contributed by atoms with Crippen LogP contribution in [-0.4, -0.2) is 9.75 Å². The van der Waals surface area contributed by atoms with Gasteiger partial charge in [-0.3, -0.25) is 4.21 Å². The van der Waals surface area contributed by atoms with Crippen LogP contribution in [0.15, 0.2) is 45.7 Å². The normalized spacial score (nSPS) is 13.3. The lowest BCUT2D eigenvalue weighted by Crippen LogP contribution is -2.34. The van der Waals surface area contributed by atoms with Gasteiger partial charge in [0.25, 0.3) is 0 Å². The van der Waals surface area contributed by atoms with Crippen LogP contribution in [0.25, 0.3) is 0 Å². The third-order valence-electron chi connectivity index (χ3n) is 3.04. The van der Waals surface area contributed by atoms with Gasteiger partial charge in [0, 0.05) is 10.4 Å². The summed E-state index contributed by atoms with van der Waals surface area (Å²) in [6, 6.07) is 11.7. The van der Waals surface area contributed by atoms with E-state index < -0.39 is 10.8 Å². The fourth-order valence-corrected chi connectivity index (χ4v) is 3.04. The van der Waals surface area contributed by atoms with E-state index in [1.807, 2.05) is 43.3 Å². The minimum absolute atomic E-state index is 0.0529. The van der Waals surface area contributed by atoms with Crippen molar-refractivity contribution in [1.82, 2.24) is 5.32 Å². The van der Waals surface area contributed by atoms with Crippen LogP contribution in [0.4, 0.5) is 0 Å². The van der Waals surface area contributed by atoms with Crippen molar-refractivity contribution in [2.75, 3.05) is 0 Å². The van der Waals surface area contributed by atoms with Gasteiger partial charge in [-0.15, -0.1) is 0 Å². The van der Waals surface area contributed by atoms with E-state index in [0.29, 0.717) is 12.3 Å². The minimum Gasteiger partial charge on any atom is -0.464 e. The van der Waals surface area contributed by atoms with Crippen molar-refractivity contribution in [1.29, 1.82) is 0 Å². The Bertz CT molecular complexity index is 626. The average Bonchev–Trinajstić information content (AvgIpc) is 2.83. The van der Waals surface area contributed by atoms with Crippen LogP contribution in [0.3, 0.4) is 0 Å². The highest BCUT2D eigenvalue weighted by atomic mass is 32.2. The Morgan fingerprint density at radius 1 is 1.14 bits per heavy atom. The molecule has 1 aromatic heterocycles. The molecule has 1 unspecified atom stereocenters. The van der Waals surface area contributed by atoms with Gasteiger partial charge in [-0.05, 0) is 57.5 Å². The van der Waals surface area contributed by atoms with Gasteiger partial charge in [-0.2, -0.15) is 0 Å². The van der Waals surface area contributed by atoms with Gasteiger partial charge in [0.1, 0.15) is 11.5 Å². The number of benzene rings is 1. The Morgan fingerprint density at radius 3 is 2.52 bits per heavy atom. The van der Waals surface area contributed by atoms with Gasteiger partial charge < -0.3 is 9.73 Å². The van der Waals surface area contributed by atoms with Crippen molar-refractivity contribution in [2.45, 2.75) is 50.4 Å². The molecule has 0 saturated carbocycles. The van der Waals surface area contributed by atoms with Crippen LogP contribution in [0.2, 0.25) is 0 Å². The van der Waals surface area contributed by atoms with Crippen LogP contribution < -0.4 is 5.32 Å². The molecule has 4 heteroatoms. The zero-order valence-electron chi connectivity index (χ0n) is 13.1. The fourth-order valence-electron chi connectivity index (χ4n) is 1.92. The van der Waals surface area contributed by atoms with Gasteiger partial charge in [-0.1, -0.05) is 12.1 Å². The van der Waals surface area contributed by atoms with Crippen molar-refractivity contribution in [3.8, 4) is 0 Å². The summed E-state index contributed by atoms with van der Waals surface area (Å²) in [6.07, 6.45) is 0. The number of nitrogens with one attached hydrogen (secondary N) is 1. The molecular weight excluding hydrogens is 282 g/mol. The van der Waals surface area contributed by atoms with E-state index in [1.54, 1.807) is 0 Å². The van der Waals surface area contributed by atoms with E-state index >= 15 is 0 Å². The second-order valence-corrected chi connectivity index (χ2v) is 7.73. The zero-order chi connectivity index (χ0) is 15.5. The molecule has 1 aromatic carbocycles. The monoisotopic (exact) mass is 305 g/mol. The SMILES string of the molecule is Cc1cccc(S(=O)Cc2ccc(CNC(C)(C)C)o2)c1. The number of hydrogen-bond acceptors (Lipinski definition) is 3. The molecule has 1 N–H and O–H groups in total. The second-order valence-electron chi connectivity index (χ2n) is 6.28. The molecule has 0 radical (unpaired) electrons. The first kappa shape index (κ1) is 16.0. The summed E-state index contributed by atoms with van der Waals surface area (Å²) in [7, 11) is -1.07. The zero-order valence-corrected chi connectivity index (χ0v) is 13.9. The molecule has 3 nitrogen and oxygen atoms in total. The Hall–Kier alpha value is -1.39. The van der Waals surface area contributed by atoms with E-state index in [9.17, 15) is 4.21 Å². The summed E-state index contributed by atoms with van der Waals surface area (Å²) in [5.74, 6) is 2.06. The summed E-state index contributed by atoms with van der Waals surface area (Å²) in [5, 5.41) is 3.37. The molecule has 0 fully saturated rings. The van der Waals surface area contributed by atoms with Crippen molar-refractivity contribution in [3.63, 3.8) is 0 Å². The number of rotatable bonds is 5. The maximum Gasteiger partial charge on any atom is 0.118 e. The predicted molar refractivity (Wildman–Crippen MR) is 86.6 cm³/mol. The van der Waals surface area contributed by atoms with E-state index in [1.165, 1.54) is 0 Å². The molecule has 0 saturated heterocycles. The highest BCUT2D eigenvalue weighted by Gasteiger charge is 2.12. The molecule has 0 bridgehead atoms. The molecule has 0 aliphatic rings. The molecule has 114 valence electrons. The van der Waals surface area contributed by atoms with Crippen LogP contribution in [-0.2, 0) is 23.1 Å². The highest BCUT2D eigenvalue weighted by molar-refractivity contribution is 7.84. The van der Waals surface area contributed by atoms with Crippen molar-refractivity contribution in [3.05, 3.63) is 53.5 Å². The topological polar surface area (TPSA) is 42.2 Å². The van der Waals surface area contributed by atoms with Crippen LogP contribution in [0.5, 0.6) is 0 Å². The Balaban J connectivity index is 1.97. The smallest absolute Gasteiger partial charge is 0.118 e. The minimum atomic E-state index is -1.07. The van der Waals surface area contributed by atoms with Crippen molar-refractivity contribution in [2.24, 2.45) is 0 Å². The lowest BCUT2D eigenvalue weighted by atomic mass is 10.1. The molecule has 21 heavy (non-hydrogen) atoms. The third kappa shape index (κ3) is 5.14. The first-order valence-electron chi connectivity index (χ1n) is 7.11. The quantitative estimate of drug-likeness (QED) is 0.914. The van der Waals surface area contributed by atoms with Crippen molar-refractivity contribution < 1.29 is 8.63 Å². The Morgan fingerprint density at radius 2 is 1.86 bits per heavy atom. The molecule has 0 aliphatic carbocycles. The summed E-state index contributed by atoms with van der Waals surface area (Å²) < 4.78 is 18.1. The summed E-state index contributed by atoms with van der Waals surface area (Å²) in [5.41, 5.74) is 1.17. The molecule has 2 rings (SSSR count). The van der Waals surface area contributed by atoms with E-state index in [0.717, 1.165) is 22.0 Å². The maximum atomic E-state index is 12.3. The van der Waals surface area contributed by atoms with E-state index in [4.69, 9.17) is 4.42 Å². The van der Waals surface area contributed by atoms with Crippen LogP contribution in [0, 0.1) is 6.92 Å². The number of furan rings is 1. The summed E-state index contributed by atoms with van der Waals surface area (Å²) in [6.45, 7) is 9.03. The van der Waals surface area contributed by atoms with Gasteiger partial charge in [0.05, 0.1) is 23.1 Å². The van der Waals surface area contributed by atoms with Gasteiger partial charge >= 0.3 is 0 Å². The second kappa shape index (κ2) is 6.58. The molecule has 0 amide bonds.